The van der Waals surface area contributed by atoms with Crippen LogP contribution in [-0.4, -0.2) is 4.98 Å². The molecule has 1 aromatic carbocycles. The molecule has 2 heteroatoms. The second-order valence-corrected chi connectivity index (χ2v) is 2.29. The lowest BCUT2D eigenvalue weighted by Crippen LogP contribution is -1.84. The van der Waals surface area contributed by atoms with Gasteiger partial charge in [-0.25, -0.2) is 0 Å². The van der Waals surface area contributed by atoms with Crippen LogP contribution in [0.1, 0.15) is 13.8 Å². The zero-order valence-electron chi connectivity index (χ0n) is 7.46. The average molecular weight is 162 g/mol. The van der Waals surface area contributed by atoms with Gasteiger partial charge in [0.2, 0.25) is 0 Å². The minimum absolute atomic E-state index is 0.808. The molecule has 2 rings (SSSR count). The largest absolute Gasteiger partial charge is 0.397 e. The van der Waals surface area contributed by atoms with Gasteiger partial charge in [0.25, 0.3) is 0 Å². The Morgan fingerprint density at radius 3 is 2.58 bits per heavy atom. The monoisotopic (exact) mass is 162 g/mol. The summed E-state index contributed by atoms with van der Waals surface area (Å²) in [6.45, 7) is 4.00. The summed E-state index contributed by atoms with van der Waals surface area (Å²) in [6, 6.07) is 7.87. The second kappa shape index (κ2) is 3.81. The van der Waals surface area contributed by atoms with Gasteiger partial charge in [-0.2, -0.15) is 0 Å². The third kappa shape index (κ3) is 1.42. The molecule has 0 fully saturated rings. The molecule has 0 saturated heterocycles. The Labute approximate surface area is 72.4 Å². The fourth-order valence-corrected chi connectivity index (χ4v) is 1.11. The van der Waals surface area contributed by atoms with Crippen LogP contribution in [0.5, 0.6) is 0 Å². The van der Waals surface area contributed by atoms with Crippen molar-refractivity contribution in [3.63, 3.8) is 0 Å². The highest BCUT2D eigenvalue weighted by atomic mass is 14.7. The second-order valence-electron chi connectivity index (χ2n) is 2.29. The summed E-state index contributed by atoms with van der Waals surface area (Å²) < 4.78 is 0. The van der Waals surface area contributed by atoms with Crippen LogP contribution in [0.15, 0.2) is 30.5 Å². The highest BCUT2D eigenvalue weighted by molar-refractivity contribution is 5.89. The minimum atomic E-state index is 0.808. The van der Waals surface area contributed by atoms with Gasteiger partial charge in [-0.3, -0.25) is 0 Å². The van der Waals surface area contributed by atoms with Crippen molar-refractivity contribution in [2.45, 2.75) is 13.8 Å². The van der Waals surface area contributed by atoms with E-state index in [-0.39, 0.29) is 0 Å². The van der Waals surface area contributed by atoms with Crippen LogP contribution in [0.2, 0.25) is 0 Å². The van der Waals surface area contributed by atoms with Crippen molar-refractivity contribution in [1.29, 1.82) is 0 Å². The van der Waals surface area contributed by atoms with Crippen molar-refractivity contribution >= 4 is 16.6 Å². The van der Waals surface area contributed by atoms with Crippen LogP contribution in [0.4, 0.5) is 5.69 Å². The van der Waals surface area contributed by atoms with Crippen LogP contribution >= 0.6 is 0 Å². The number of nitrogens with two attached hydrogens (primary N) is 1. The Bertz CT molecular complexity index is 349. The minimum Gasteiger partial charge on any atom is -0.397 e. The number of nitrogen functional groups attached to an aromatic ring is 1. The van der Waals surface area contributed by atoms with E-state index in [4.69, 9.17) is 5.73 Å². The van der Waals surface area contributed by atoms with E-state index in [2.05, 4.69) is 4.98 Å². The topological polar surface area (TPSA) is 41.8 Å². The maximum Gasteiger partial charge on any atom is 0.0687 e. The molecule has 0 atom stereocenters. The number of benzene rings is 1. The third-order valence-corrected chi connectivity index (χ3v) is 1.62. The molecule has 0 aliphatic heterocycles. The number of nitrogens with one attached hydrogen (secondary N) is 1. The molecule has 1 heterocycles. The SMILES string of the molecule is CC.Nc1cccc2cc[nH]c12. The normalized spacial score (nSPS) is 9.17. The van der Waals surface area contributed by atoms with E-state index in [9.17, 15) is 0 Å². The van der Waals surface area contributed by atoms with Gasteiger partial charge >= 0.3 is 0 Å². The van der Waals surface area contributed by atoms with Crippen LogP contribution < -0.4 is 5.73 Å². The van der Waals surface area contributed by atoms with E-state index >= 15 is 0 Å². The third-order valence-electron chi connectivity index (χ3n) is 1.62. The van der Waals surface area contributed by atoms with E-state index in [1.165, 1.54) is 5.39 Å². The zero-order chi connectivity index (χ0) is 8.97. The summed E-state index contributed by atoms with van der Waals surface area (Å²) in [5.74, 6) is 0. The smallest absolute Gasteiger partial charge is 0.0687 e. The van der Waals surface area contributed by atoms with Crippen LogP contribution in [0.25, 0.3) is 10.9 Å². The molecule has 0 radical (unpaired) electrons. The molecular weight excluding hydrogens is 148 g/mol. The van der Waals surface area contributed by atoms with E-state index in [0.29, 0.717) is 0 Å². The van der Waals surface area contributed by atoms with Gasteiger partial charge in [0.1, 0.15) is 0 Å². The lowest BCUT2D eigenvalue weighted by atomic mass is 10.2. The molecular formula is C10H14N2. The van der Waals surface area contributed by atoms with Crippen molar-refractivity contribution in [1.82, 2.24) is 4.98 Å². The predicted molar refractivity (Wildman–Crippen MR) is 54.1 cm³/mol. The van der Waals surface area contributed by atoms with Gasteiger partial charge in [0.15, 0.2) is 0 Å². The number of aromatic nitrogens is 1. The van der Waals surface area contributed by atoms with Gasteiger partial charge in [0.05, 0.1) is 11.2 Å². The summed E-state index contributed by atoms with van der Waals surface area (Å²) in [5.41, 5.74) is 7.51. The molecule has 0 unspecified atom stereocenters. The average Bonchev–Trinajstić information content (AvgIpc) is 2.57. The summed E-state index contributed by atoms with van der Waals surface area (Å²) in [4.78, 5) is 3.06. The molecule has 0 amide bonds. The van der Waals surface area contributed by atoms with Crippen LogP contribution in [0, 0.1) is 0 Å². The molecule has 3 N–H and O–H groups in total. The molecule has 64 valence electrons. The summed E-state index contributed by atoms with van der Waals surface area (Å²) in [7, 11) is 0. The van der Waals surface area contributed by atoms with E-state index in [1.807, 2.05) is 44.3 Å². The summed E-state index contributed by atoms with van der Waals surface area (Å²) in [6.07, 6.45) is 1.89. The summed E-state index contributed by atoms with van der Waals surface area (Å²) >= 11 is 0. The molecule has 1 aromatic heterocycles. The first-order chi connectivity index (χ1) is 5.88. The molecule has 2 aromatic rings. The van der Waals surface area contributed by atoms with Crippen molar-refractivity contribution in [3.8, 4) is 0 Å². The van der Waals surface area contributed by atoms with E-state index in [0.717, 1.165) is 11.2 Å². The van der Waals surface area contributed by atoms with Crippen LogP contribution in [-0.2, 0) is 0 Å². The number of para-hydroxylation sites is 1. The highest BCUT2D eigenvalue weighted by Gasteiger charge is 1.94. The first-order valence-corrected chi connectivity index (χ1v) is 4.19. The number of H-pyrrole nitrogens is 1. The molecule has 0 spiro atoms. The fraction of sp³-hybridized carbons (Fsp3) is 0.200. The molecule has 2 nitrogen and oxygen atoms in total. The molecule has 12 heavy (non-hydrogen) atoms. The Hall–Kier alpha value is -1.44. The first kappa shape index (κ1) is 8.65. The van der Waals surface area contributed by atoms with Gasteiger partial charge < -0.3 is 10.7 Å². The number of rotatable bonds is 0. The van der Waals surface area contributed by atoms with Crippen molar-refractivity contribution < 1.29 is 0 Å². The fourth-order valence-electron chi connectivity index (χ4n) is 1.11. The van der Waals surface area contributed by atoms with Crippen molar-refractivity contribution in [3.05, 3.63) is 30.5 Å². The number of hydrogen-bond acceptors (Lipinski definition) is 1. The Balaban J connectivity index is 0.000000336. The quantitative estimate of drug-likeness (QED) is 0.574. The van der Waals surface area contributed by atoms with Crippen molar-refractivity contribution in [2.24, 2.45) is 0 Å². The number of anilines is 1. The molecule has 0 aliphatic rings. The maximum atomic E-state index is 5.67. The standard InChI is InChI=1S/C8H8N2.C2H6/c9-7-3-1-2-6-4-5-10-8(6)7;1-2/h1-5,10H,9H2;1-2H3. The molecule has 0 aliphatic carbocycles. The highest BCUT2D eigenvalue weighted by Crippen LogP contribution is 2.17. The van der Waals surface area contributed by atoms with Gasteiger partial charge in [-0.1, -0.05) is 26.0 Å². The first-order valence-electron chi connectivity index (χ1n) is 4.19. The Kier molecular flexibility index (Phi) is 2.75. The number of hydrogen-bond donors (Lipinski definition) is 2. The Morgan fingerprint density at radius 2 is 1.92 bits per heavy atom. The summed E-state index contributed by atoms with van der Waals surface area (Å²) in [5, 5.41) is 1.17. The number of aromatic amines is 1. The molecule has 0 bridgehead atoms. The van der Waals surface area contributed by atoms with Gasteiger partial charge in [0, 0.05) is 11.6 Å². The van der Waals surface area contributed by atoms with Gasteiger partial charge in [-0.05, 0) is 12.1 Å². The maximum absolute atomic E-state index is 5.67. The predicted octanol–water partition coefficient (Wildman–Crippen LogP) is 2.78. The van der Waals surface area contributed by atoms with Crippen LogP contribution in [0.3, 0.4) is 0 Å². The lowest BCUT2D eigenvalue weighted by molar-refractivity contribution is 1.48. The van der Waals surface area contributed by atoms with E-state index in [1.54, 1.807) is 0 Å². The van der Waals surface area contributed by atoms with Crippen molar-refractivity contribution in [2.75, 3.05) is 5.73 Å². The lowest BCUT2D eigenvalue weighted by Gasteiger charge is -1.92. The van der Waals surface area contributed by atoms with Gasteiger partial charge in [-0.15, -0.1) is 0 Å². The zero-order valence-corrected chi connectivity index (χ0v) is 7.46. The van der Waals surface area contributed by atoms with E-state index < -0.39 is 0 Å². The molecule has 0 saturated carbocycles. The number of fused-ring (bicyclic) bond motifs is 1. The Morgan fingerprint density at radius 1 is 1.17 bits per heavy atom.